The lowest BCUT2D eigenvalue weighted by Crippen LogP contribution is -2.29. The number of aromatic nitrogens is 3. The third kappa shape index (κ3) is 3.41. The standard InChI is InChI=1S/C20H22N4O3S/c1-15-11-18(4-5-19(15)16-3-6-20(27-2)22-12-16)28(25,26)24-9-7-17(13-24)23-10-8-21-14-23/h3-6,8,10-12,14,17H,7,9,13H2,1-2H3. The summed E-state index contributed by atoms with van der Waals surface area (Å²) in [6.07, 6.45) is 7.84. The van der Waals surface area contributed by atoms with Crippen LogP contribution in [0.3, 0.4) is 0 Å². The van der Waals surface area contributed by atoms with Crippen LogP contribution in [0, 0.1) is 6.92 Å². The van der Waals surface area contributed by atoms with Crippen molar-refractivity contribution in [3.8, 4) is 17.0 Å². The largest absolute Gasteiger partial charge is 0.481 e. The van der Waals surface area contributed by atoms with E-state index in [0.717, 1.165) is 23.1 Å². The molecule has 1 aliphatic rings. The normalized spacial score (nSPS) is 17.7. The van der Waals surface area contributed by atoms with Crippen molar-refractivity contribution in [2.24, 2.45) is 0 Å². The van der Waals surface area contributed by atoms with E-state index < -0.39 is 10.0 Å². The SMILES string of the molecule is COc1ccc(-c2ccc(S(=O)(=O)N3CCC(n4ccnc4)C3)cc2C)cn1. The molecule has 0 aliphatic carbocycles. The van der Waals surface area contributed by atoms with E-state index in [9.17, 15) is 8.42 Å². The van der Waals surface area contributed by atoms with Crippen molar-refractivity contribution in [1.29, 1.82) is 0 Å². The van der Waals surface area contributed by atoms with Gasteiger partial charge in [-0.25, -0.2) is 18.4 Å². The van der Waals surface area contributed by atoms with Crippen LogP contribution in [0.2, 0.25) is 0 Å². The second-order valence-corrected chi connectivity index (χ2v) is 8.82. The molecule has 0 spiro atoms. The van der Waals surface area contributed by atoms with Crippen molar-refractivity contribution in [1.82, 2.24) is 18.8 Å². The molecule has 146 valence electrons. The molecule has 1 aromatic carbocycles. The summed E-state index contributed by atoms with van der Waals surface area (Å²) in [6.45, 7) is 2.88. The zero-order valence-electron chi connectivity index (χ0n) is 15.8. The predicted molar refractivity (Wildman–Crippen MR) is 106 cm³/mol. The third-order valence-corrected chi connectivity index (χ3v) is 7.03. The quantitative estimate of drug-likeness (QED) is 0.660. The van der Waals surface area contributed by atoms with E-state index >= 15 is 0 Å². The number of hydrogen-bond acceptors (Lipinski definition) is 5. The number of imidazole rings is 1. The van der Waals surface area contributed by atoms with Crippen LogP contribution >= 0.6 is 0 Å². The molecule has 8 heteroatoms. The van der Waals surface area contributed by atoms with Gasteiger partial charge < -0.3 is 9.30 Å². The molecule has 1 unspecified atom stereocenters. The summed E-state index contributed by atoms with van der Waals surface area (Å²) in [7, 11) is -1.96. The third-order valence-electron chi connectivity index (χ3n) is 5.16. The van der Waals surface area contributed by atoms with E-state index in [2.05, 4.69) is 9.97 Å². The number of rotatable bonds is 5. The van der Waals surface area contributed by atoms with E-state index in [1.807, 2.05) is 29.8 Å². The Morgan fingerprint density at radius 2 is 2.07 bits per heavy atom. The van der Waals surface area contributed by atoms with Gasteiger partial charge in [0.25, 0.3) is 0 Å². The van der Waals surface area contributed by atoms with E-state index in [-0.39, 0.29) is 6.04 Å². The number of aryl methyl sites for hydroxylation is 1. The van der Waals surface area contributed by atoms with Gasteiger partial charge in [-0.3, -0.25) is 0 Å². The summed E-state index contributed by atoms with van der Waals surface area (Å²) in [5, 5.41) is 0. The van der Waals surface area contributed by atoms with Crippen LogP contribution in [0.5, 0.6) is 5.88 Å². The Morgan fingerprint density at radius 3 is 2.71 bits per heavy atom. The maximum absolute atomic E-state index is 13.1. The number of ether oxygens (including phenoxy) is 1. The Bertz CT molecular complexity index is 1060. The molecule has 0 radical (unpaired) electrons. The van der Waals surface area contributed by atoms with Crippen LogP contribution in [0.4, 0.5) is 0 Å². The summed E-state index contributed by atoms with van der Waals surface area (Å²) in [6, 6.07) is 9.09. The minimum atomic E-state index is -3.53. The zero-order valence-corrected chi connectivity index (χ0v) is 16.6. The summed E-state index contributed by atoms with van der Waals surface area (Å²) in [5.74, 6) is 0.544. The Morgan fingerprint density at radius 1 is 1.21 bits per heavy atom. The van der Waals surface area contributed by atoms with Crippen molar-refractivity contribution in [2.45, 2.75) is 24.3 Å². The lowest BCUT2D eigenvalue weighted by atomic mass is 10.0. The van der Waals surface area contributed by atoms with Crippen molar-refractivity contribution >= 4 is 10.0 Å². The van der Waals surface area contributed by atoms with Crippen LogP contribution in [0.15, 0.2) is 60.1 Å². The molecule has 1 aliphatic heterocycles. The molecule has 7 nitrogen and oxygen atoms in total. The highest BCUT2D eigenvalue weighted by atomic mass is 32.2. The number of hydrogen-bond donors (Lipinski definition) is 0. The number of pyridine rings is 1. The number of nitrogens with zero attached hydrogens (tertiary/aromatic N) is 4. The summed E-state index contributed by atoms with van der Waals surface area (Å²) in [4.78, 5) is 8.60. The summed E-state index contributed by atoms with van der Waals surface area (Å²) < 4.78 is 34.8. The molecular formula is C20H22N4O3S. The molecule has 0 bridgehead atoms. The van der Waals surface area contributed by atoms with Crippen molar-refractivity contribution in [3.63, 3.8) is 0 Å². The number of methoxy groups -OCH3 is 1. The molecule has 1 saturated heterocycles. The average molecular weight is 398 g/mol. The monoisotopic (exact) mass is 398 g/mol. The maximum Gasteiger partial charge on any atom is 0.243 e. The van der Waals surface area contributed by atoms with Gasteiger partial charge in [0.15, 0.2) is 0 Å². The van der Waals surface area contributed by atoms with Gasteiger partial charge in [0.05, 0.1) is 18.3 Å². The van der Waals surface area contributed by atoms with Crippen LogP contribution in [0.25, 0.3) is 11.1 Å². The second kappa shape index (κ2) is 7.37. The van der Waals surface area contributed by atoms with Gasteiger partial charge in [0.2, 0.25) is 15.9 Å². The molecule has 4 rings (SSSR count). The fraction of sp³-hybridized carbons (Fsp3) is 0.300. The summed E-state index contributed by atoms with van der Waals surface area (Å²) >= 11 is 0. The molecular weight excluding hydrogens is 376 g/mol. The van der Waals surface area contributed by atoms with Crippen molar-refractivity contribution < 1.29 is 13.2 Å². The van der Waals surface area contributed by atoms with Crippen LogP contribution in [-0.4, -0.2) is 47.5 Å². The van der Waals surface area contributed by atoms with Gasteiger partial charge in [-0.05, 0) is 42.7 Å². The smallest absolute Gasteiger partial charge is 0.243 e. The van der Waals surface area contributed by atoms with Gasteiger partial charge in [0.1, 0.15) is 0 Å². The van der Waals surface area contributed by atoms with E-state index in [1.165, 1.54) is 0 Å². The van der Waals surface area contributed by atoms with Crippen LogP contribution < -0.4 is 4.74 Å². The van der Waals surface area contributed by atoms with Gasteiger partial charge in [-0.2, -0.15) is 4.31 Å². The Kier molecular flexibility index (Phi) is 4.91. The van der Waals surface area contributed by atoms with E-state index in [0.29, 0.717) is 23.9 Å². The highest BCUT2D eigenvalue weighted by Gasteiger charge is 2.33. The van der Waals surface area contributed by atoms with Crippen LogP contribution in [-0.2, 0) is 10.0 Å². The lowest BCUT2D eigenvalue weighted by Gasteiger charge is -2.18. The Balaban J connectivity index is 1.57. The van der Waals surface area contributed by atoms with Crippen LogP contribution in [0.1, 0.15) is 18.0 Å². The molecule has 0 saturated carbocycles. The molecule has 3 heterocycles. The lowest BCUT2D eigenvalue weighted by molar-refractivity contribution is 0.398. The first-order chi connectivity index (χ1) is 13.5. The summed E-state index contributed by atoms with van der Waals surface area (Å²) in [5.41, 5.74) is 2.76. The van der Waals surface area contributed by atoms with Gasteiger partial charge in [0, 0.05) is 49.4 Å². The molecule has 0 amide bonds. The van der Waals surface area contributed by atoms with Crippen molar-refractivity contribution in [2.75, 3.05) is 20.2 Å². The molecule has 3 aromatic rings. The highest BCUT2D eigenvalue weighted by Crippen LogP contribution is 2.30. The molecule has 1 fully saturated rings. The number of benzene rings is 1. The van der Waals surface area contributed by atoms with Gasteiger partial charge in [-0.15, -0.1) is 0 Å². The second-order valence-electron chi connectivity index (χ2n) is 6.88. The molecule has 28 heavy (non-hydrogen) atoms. The first-order valence-corrected chi connectivity index (χ1v) is 10.5. The fourth-order valence-electron chi connectivity index (χ4n) is 3.59. The van der Waals surface area contributed by atoms with E-state index in [1.54, 1.807) is 48.3 Å². The van der Waals surface area contributed by atoms with Gasteiger partial charge >= 0.3 is 0 Å². The minimum absolute atomic E-state index is 0.128. The topological polar surface area (TPSA) is 77.3 Å². The molecule has 1 atom stereocenters. The first-order valence-electron chi connectivity index (χ1n) is 9.07. The highest BCUT2D eigenvalue weighted by molar-refractivity contribution is 7.89. The predicted octanol–water partition coefficient (Wildman–Crippen LogP) is 2.90. The minimum Gasteiger partial charge on any atom is -0.481 e. The Hall–Kier alpha value is -2.71. The van der Waals surface area contributed by atoms with Crippen molar-refractivity contribution in [3.05, 3.63) is 60.8 Å². The number of sulfonamides is 1. The van der Waals surface area contributed by atoms with E-state index in [4.69, 9.17) is 4.74 Å². The maximum atomic E-state index is 13.1. The Labute approximate surface area is 164 Å². The first kappa shape index (κ1) is 18.6. The molecule has 2 aromatic heterocycles. The average Bonchev–Trinajstić information content (AvgIpc) is 3.40. The molecule has 0 N–H and O–H groups in total. The fourth-order valence-corrected chi connectivity index (χ4v) is 5.17. The van der Waals surface area contributed by atoms with Gasteiger partial charge in [-0.1, -0.05) is 6.07 Å². The zero-order chi connectivity index (χ0) is 19.7.